The van der Waals surface area contributed by atoms with E-state index in [1.54, 1.807) is 0 Å². The summed E-state index contributed by atoms with van der Waals surface area (Å²) in [4.78, 5) is 25.6. The van der Waals surface area contributed by atoms with Crippen LogP contribution in [0.1, 0.15) is 26.4 Å². The number of hydrogen-bond acceptors (Lipinski definition) is 3. The predicted molar refractivity (Wildman–Crippen MR) is 122 cm³/mol. The monoisotopic (exact) mass is 500 g/mol. The van der Waals surface area contributed by atoms with E-state index in [1.807, 2.05) is 0 Å². The second kappa shape index (κ2) is 9.25. The lowest BCUT2D eigenvalue weighted by Gasteiger charge is -2.16. The highest BCUT2D eigenvalue weighted by Gasteiger charge is 2.38. The third-order valence-electron chi connectivity index (χ3n) is 5.34. The summed E-state index contributed by atoms with van der Waals surface area (Å²) in [5, 5.41) is 5.95. The lowest BCUT2D eigenvalue weighted by molar-refractivity contribution is -0.141. The molecule has 0 fully saturated rings. The maximum atomic E-state index is 14.5. The van der Waals surface area contributed by atoms with Gasteiger partial charge in [0.2, 0.25) is 5.91 Å². The molecule has 6 nitrogen and oxygen atoms in total. The van der Waals surface area contributed by atoms with E-state index < -0.39 is 46.4 Å². The van der Waals surface area contributed by atoms with Crippen molar-refractivity contribution in [2.24, 2.45) is 12.8 Å². The summed E-state index contributed by atoms with van der Waals surface area (Å²) >= 11 is 0. The lowest BCUT2D eigenvalue weighted by atomic mass is 9.94. The summed E-state index contributed by atoms with van der Waals surface area (Å²) in [6.07, 6.45) is -3.79. The van der Waals surface area contributed by atoms with Gasteiger partial charge >= 0.3 is 6.18 Å². The van der Waals surface area contributed by atoms with Gasteiger partial charge in [0.05, 0.1) is 11.1 Å². The van der Waals surface area contributed by atoms with E-state index in [0.717, 1.165) is 29.1 Å². The van der Waals surface area contributed by atoms with Gasteiger partial charge in [0.25, 0.3) is 5.91 Å². The standard InChI is InChI=1S/C25H17F5N4O2/c1-34-12-18(22(33-34)25(28,29)30)15-6-4-7-16(23(31)35)21(15)24(36)32-20-8-3-2-5-14(20)17-11-13(26)9-10-19(17)27/h2-12H,1H3,(H2,31,35)(H,32,36). The number of anilines is 1. The van der Waals surface area contributed by atoms with Crippen molar-refractivity contribution in [1.82, 2.24) is 9.78 Å². The van der Waals surface area contributed by atoms with Gasteiger partial charge in [0.1, 0.15) is 11.6 Å². The highest BCUT2D eigenvalue weighted by Crippen LogP contribution is 2.38. The number of halogens is 5. The summed E-state index contributed by atoms with van der Waals surface area (Å²) in [6.45, 7) is 0. The van der Waals surface area contributed by atoms with Gasteiger partial charge in [-0.15, -0.1) is 0 Å². The van der Waals surface area contributed by atoms with E-state index in [0.29, 0.717) is 0 Å². The number of amides is 2. The van der Waals surface area contributed by atoms with Gasteiger partial charge < -0.3 is 11.1 Å². The summed E-state index contributed by atoms with van der Waals surface area (Å²) in [6, 6.07) is 12.4. The number of carbonyl (C=O) groups is 2. The first-order valence-electron chi connectivity index (χ1n) is 10.4. The molecule has 1 aromatic heterocycles. The van der Waals surface area contributed by atoms with Gasteiger partial charge in [-0.2, -0.15) is 18.3 Å². The molecule has 0 atom stereocenters. The number of nitrogens with one attached hydrogen (secondary N) is 1. The second-order valence-corrected chi connectivity index (χ2v) is 7.78. The van der Waals surface area contributed by atoms with Crippen LogP contribution in [-0.2, 0) is 13.2 Å². The van der Waals surface area contributed by atoms with Gasteiger partial charge in [0.15, 0.2) is 5.69 Å². The molecule has 2 amide bonds. The Hall–Kier alpha value is -4.54. The van der Waals surface area contributed by atoms with Crippen molar-refractivity contribution in [3.63, 3.8) is 0 Å². The zero-order valence-electron chi connectivity index (χ0n) is 18.5. The van der Waals surface area contributed by atoms with Crippen LogP contribution in [-0.4, -0.2) is 21.6 Å². The molecule has 3 N–H and O–H groups in total. The molecule has 0 spiro atoms. The Morgan fingerprint density at radius 2 is 1.61 bits per heavy atom. The Morgan fingerprint density at radius 1 is 0.917 bits per heavy atom. The number of hydrogen-bond donors (Lipinski definition) is 2. The molecular formula is C25H17F5N4O2. The molecule has 3 aromatic carbocycles. The molecule has 4 rings (SSSR count). The molecule has 36 heavy (non-hydrogen) atoms. The predicted octanol–water partition coefficient (Wildman–Crippen LogP) is 5.40. The number of benzene rings is 3. The average molecular weight is 500 g/mol. The molecule has 4 aromatic rings. The van der Waals surface area contributed by atoms with Gasteiger partial charge in [-0.05, 0) is 35.9 Å². The summed E-state index contributed by atoms with van der Waals surface area (Å²) in [5.41, 5.74) is 2.70. The Labute approximate surface area is 201 Å². The van der Waals surface area contributed by atoms with Crippen LogP contribution in [0.15, 0.2) is 66.9 Å². The van der Waals surface area contributed by atoms with Gasteiger partial charge in [0, 0.05) is 35.6 Å². The number of para-hydroxylation sites is 1. The average Bonchev–Trinajstić information content (AvgIpc) is 3.22. The van der Waals surface area contributed by atoms with E-state index in [9.17, 15) is 31.5 Å². The van der Waals surface area contributed by atoms with Crippen LogP contribution in [0.2, 0.25) is 0 Å². The number of aryl methyl sites for hydroxylation is 1. The van der Waals surface area contributed by atoms with Gasteiger partial charge in [-0.25, -0.2) is 8.78 Å². The first-order chi connectivity index (χ1) is 17.0. The molecular weight excluding hydrogens is 483 g/mol. The molecule has 0 aliphatic heterocycles. The van der Waals surface area contributed by atoms with Crippen molar-refractivity contribution in [1.29, 1.82) is 0 Å². The van der Waals surface area contributed by atoms with E-state index in [4.69, 9.17) is 5.73 Å². The van der Waals surface area contributed by atoms with E-state index in [-0.39, 0.29) is 27.9 Å². The second-order valence-electron chi connectivity index (χ2n) is 7.78. The zero-order valence-corrected chi connectivity index (χ0v) is 18.5. The fourth-order valence-electron chi connectivity index (χ4n) is 3.84. The van der Waals surface area contributed by atoms with Crippen molar-refractivity contribution in [2.75, 3.05) is 5.32 Å². The fourth-order valence-corrected chi connectivity index (χ4v) is 3.84. The quantitative estimate of drug-likeness (QED) is 0.360. The molecule has 184 valence electrons. The molecule has 0 bridgehead atoms. The Balaban J connectivity index is 1.87. The fraction of sp³-hybridized carbons (Fsp3) is 0.0800. The zero-order chi connectivity index (χ0) is 26.2. The van der Waals surface area contributed by atoms with Crippen LogP contribution in [0.3, 0.4) is 0 Å². The minimum atomic E-state index is -4.85. The highest BCUT2D eigenvalue weighted by atomic mass is 19.4. The van der Waals surface area contributed by atoms with Crippen LogP contribution in [0, 0.1) is 11.6 Å². The minimum Gasteiger partial charge on any atom is -0.366 e. The molecule has 11 heteroatoms. The topological polar surface area (TPSA) is 90.0 Å². The number of primary amides is 1. The maximum absolute atomic E-state index is 14.5. The third kappa shape index (κ3) is 4.67. The molecule has 0 aliphatic rings. The molecule has 0 unspecified atom stereocenters. The highest BCUT2D eigenvalue weighted by molar-refractivity contribution is 6.16. The Bertz CT molecular complexity index is 1490. The molecule has 0 saturated heterocycles. The number of aromatic nitrogens is 2. The van der Waals surface area contributed by atoms with Gasteiger partial charge in [-0.3, -0.25) is 14.3 Å². The Morgan fingerprint density at radius 3 is 2.31 bits per heavy atom. The minimum absolute atomic E-state index is 0.0273. The summed E-state index contributed by atoms with van der Waals surface area (Å²) < 4.78 is 70.2. The van der Waals surface area contributed by atoms with Crippen LogP contribution < -0.4 is 11.1 Å². The number of nitrogens with zero attached hydrogens (tertiary/aromatic N) is 2. The number of rotatable bonds is 5. The number of carbonyl (C=O) groups excluding carboxylic acids is 2. The molecule has 0 radical (unpaired) electrons. The van der Waals surface area contributed by atoms with Crippen LogP contribution in [0.4, 0.5) is 27.6 Å². The maximum Gasteiger partial charge on any atom is 0.435 e. The molecule has 1 heterocycles. The molecule has 0 saturated carbocycles. The SMILES string of the molecule is Cn1cc(-c2cccc(C(N)=O)c2C(=O)Nc2ccccc2-c2cc(F)ccc2F)c(C(F)(F)F)n1. The van der Waals surface area contributed by atoms with Gasteiger partial charge in [-0.1, -0.05) is 30.3 Å². The van der Waals surface area contributed by atoms with Crippen molar-refractivity contribution < 1.29 is 31.5 Å². The van der Waals surface area contributed by atoms with E-state index >= 15 is 0 Å². The van der Waals surface area contributed by atoms with Crippen molar-refractivity contribution >= 4 is 17.5 Å². The lowest BCUT2D eigenvalue weighted by Crippen LogP contribution is -2.22. The normalized spacial score (nSPS) is 11.4. The smallest absolute Gasteiger partial charge is 0.366 e. The Kier molecular flexibility index (Phi) is 6.32. The largest absolute Gasteiger partial charge is 0.435 e. The van der Waals surface area contributed by atoms with Crippen LogP contribution in [0.5, 0.6) is 0 Å². The van der Waals surface area contributed by atoms with E-state index in [2.05, 4.69) is 10.4 Å². The summed E-state index contributed by atoms with van der Waals surface area (Å²) in [5.74, 6) is -3.52. The van der Waals surface area contributed by atoms with Crippen LogP contribution >= 0.6 is 0 Å². The van der Waals surface area contributed by atoms with E-state index in [1.165, 1.54) is 49.5 Å². The first kappa shape index (κ1) is 24.6. The third-order valence-corrected chi connectivity index (χ3v) is 5.34. The van der Waals surface area contributed by atoms with Crippen molar-refractivity contribution in [2.45, 2.75) is 6.18 Å². The van der Waals surface area contributed by atoms with Crippen molar-refractivity contribution in [3.05, 3.63) is 95.3 Å². The number of alkyl halides is 3. The van der Waals surface area contributed by atoms with Crippen molar-refractivity contribution in [3.8, 4) is 22.3 Å². The van der Waals surface area contributed by atoms with Crippen LogP contribution in [0.25, 0.3) is 22.3 Å². The number of nitrogens with two attached hydrogens (primary N) is 1. The molecule has 0 aliphatic carbocycles. The first-order valence-corrected chi connectivity index (χ1v) is 10.4. The summed E-state index contributed by atoms with van der Waals surface area (Å²) in [7, 11) is 1.28.